The topological polar surface area (TPSA) is 42.8 Å². The SMILES string of the molecule is C=CCCCCCCCCC(=O)NCCC[NH+]1CCOCC1. The van der Waals surface area contributed by atoms with Crippen LogP contribution in [0.25, 0.3) is 0 Å². The molecule has 4 heteroatoms. The summed E-state index contributed by atoms with van der Waals surface area (Å²) < 4.78 is 5.34. The molecule has 1 fully saturated rings. The Kier molecular flexibility index (Phi) is 12.0. The van der Waals surface area contributed by atoms with E-state index in [0.29, 0.717) is 6.42 Å². The van der Waals surface area contributed by atoms with Crippen LogP contribution in [0.1, 0.15) is 57.8 Å². The van der Waals surface area contributed by atoms with Crippen LogP contribution in [0.4, 0.5) is 0 Å². The average molecular weight is 311 g/mol. The Morgan fingerprint density at radius 3 is 2.45 bits per heavy atom. The Hall–Kier alpha value is -0.870. The second-order valence-electron chi connectivity index (χ2n) is 6.26. The van der Waals surface area contributed by atoms with Crippen LogP contribution in [-0.2, 0) is 9.53 Å². The standard InChI is InChI=1S/C18H34N2O2/c1-2-3-4-5-6-7-8-9-11-18(21)19-12-10-13-20-14-16-22-17-15-20/h2H,1,3-17H2,(H,19,21)/p+1. The number of carbonyl (C=O) groups is 1. The second-order valence-corrected chi connectivity index (χ2v) is 6.26. The zero-order valence-electron chi connectivity index (χ0n) is 14.2. The van der Waals surface area contributed by atoms with E-state index in [4.69, 9.17) is 4.74 Å². The van der Waals surface area contributed by atoms with Gasteiger partial charge in [0.2, 0.25) is 5.91 Å². The van der Waals surface area contributed by atoms with Crippen molar-refractivity contribution in [1.29, 1.82) is 0 Å². The number of unbranched alkanes of at least 4 members (excludes halogenated alkanes) is 6. The van der Waals surface area contributed by atoms with Crippen molar-refractivity contribution in [3.63, 3.8) is 0 Å². The maximum absolute atomic E-state index is 11.7. The molecule has 0 aromatic heterocycles. The van der Waals surface area contributed by atoms with Gasteiger partial charge in [-0.15, -0.1) is 6.58 Å². The molecule has 1 saturated heterocycles. The van der Waals surface area contributed by atoms with E-state index in [1.54, 1.807) is 4.90 Å². The molecular formula is C18H35N2O2+. The number of allylic oxidation sites excluding steroid dienone is 1. The van der Waals surface area contributed by atoms with E-state index in [0.717, 1.165) is 58.7 Å². The summed E-state index contributed by atoms with van der Waals surface area (Å²) in [6.45, 7) is 9.70. The van der Waals surface area contributed by atoms with Crippen molar-refractivity contribution in [2.75, 3.05) is 39.4 Å². The van der Waals surface area contributed by atoms with Crippen LogP contribution in [0.2, 0.25) is 0 Å². The number of morpholine rings is 1. The van der Waals surface area contributed by atoms with Crippen LogP contribution in [0.3, 0.4) is 0 Å². The Bertz CT molecular complexity index is 289. The normalized spacial score (nSPS) is 15.6. The van der Waals surface area contributed by atoms with Gasteiger partial charge in [-0.3, -0.25) is 4.79 Å². The largest absolute Gasteiger partial charge is 0.370 e. The molecule has 0 unspecified atom stereocenters. The second kappa shape index (κ2) is 13.8. The maximum Gasteiger partial charge on any atom is 0.219 e. The van der Waals surface area contributed by atoms with Crippen molar-refractivity contribution in [2.24, 2.45) is 0 Å². The summed E-state index contributed by atoms with van der Waals surface area (Å²) in [5, 5.41) is 3.05. The molecule has 0 aliphatic carbocycles. The Labute approximate surface area is 136 Å². The lowest BCUT2D eigenvalue weighted by atomic mass is 10.1. The maximum atomic E-state index is 11.7. The van der Waals surface area contributed by atoms with Gasteiger partial charge in [0, 0.05) is 19.4 Å². The Morgan fingerprint density at radius 2 is 1.73 bits per heavy atom. The van der Waals surface area contributed by atoms with E-state index in [9.17, 15) is 4.79 Å². The number of carbonyl (C=O) groups excluding carboxylic acids is 1. The van der Waals surface area contributed by atoms with Crippen molar-refractivity contribution >= 4 is 5.91 Å². The van der Waals surface area contributed by atoms with Crippen LogP contribution < -0.4 is 10.2 Å². The summed E-state index contributed by atoms with van der Waals surface area (Å²) in [5.74, 6) is 0.226. The first kappa shape index (κ1) is 19.2. The molecule has 0 aromatic carbocycles. The van der Waals surface area contributed by atoms with Crippen LogP contribution in [-0.4, -0.2) is 45.3 Å². The minimum absolute atomic E-state index is 0.226. The highest BCUT2D eigenvalue weighted by atomic mass is 16.5. The summed E-state index contributed by atoms with van der Waals surface area (Å²) in [6, 6.07) is 0. The molecule has 0 saturated carbocycles. The summed E-state index contributed by atoms with van der Waals surface area (Å²) in [5.41, 5.74) is 0. The lowest BCUT2D eigenvalue weighted by Gasteiger charge is -2.23. The smallest absolute Gasteiger partial charge is 0.219 e. The van der Waals surface area contributed by atoms with Gasteiger partial charge in [-0.25, -0.2) is 0 Å². The van der Waals surface area contributed by atoms with E-state index < -0.39 is 0 Å². The highest BCUT2D eigenvalue weighted by Crippen LogP contribution is 2.08. The number of hydrogen-bond donors (Lipinski definition) is 2. The number of nitrogens with one attached hydrogen (secondary N) is 2. The lowest BCUT2D eigenvalue weighted by Crippen LogP contribution is -3.14. The van der Waals surface area contributed by atoms with Crippen LogP contribution in [0.15, 0.2) is 12.7 Å². The molecule has 1 heterocycles. The predicted molar refractivity (Wildman–Crippen MR) is 91.1 cm³/mol. The third-order valence-corrected chi connectivity index (χ3v) is 4.29. The fraction of sp³-hybridized carbons (Fsp3) is 0.833. The fourth-order valence-corrected chi connectivity index (χ4v) is 2.85. The van der Waals surface area contributed by atoms with E-state index in [1.165, 1.54) is 32.1 Å². The van der Waals surface area contributed by atoms with Crippen LogP contribution in [0.5, 0.6) is 0 Å². The highest BCUT2D eigenvalue weighted by molar-refractivity contribution is 5.75. The molecule has 0 aromatic rings. The van der Waals surface area contributed by atoms with E-state index in [2.05, 4.69) is 11.9 Å². The molecule has 1 aliphatic rings. The molecule has 1 aliphatic heterocycles. The van der Waals surface area contributed by atoms with E-state index in [-0.39, 0.29) is 5.91 Å². The van der Waals surface area contributed by atoms with Crippen molar-refractivity contribution in [3.05, 3.63) is 12.7 Å². The average Bonchev–Trinajstić information content (AvgIpc) is 2.55. The van der Waals surface area contributed by atoms with E-state index >= 15 is 0 Å². The van der Waals surface area contributed by atoms with E-state index in [1.807, 2.05) is 6.08 Å². The van der Waals surface area contributed by atoms with Gasteiger partial charge in [0.05, 0.1) is 19.8 Å². The third kappa shape index (κ3) is 10.8. The monoisotopic (exact) mass is 311 g/mol. The molecule has 1 amide bonds. The van der Waals surface area contributed by atoms with Crippen LogP contribution >= 0.6 is 0 Å². The first-order valence-electron chi connectivity index (χ1n) is 9.12. The molecule has 0 atom stereocenters. The number of rotatable bonds is 13. The first-order valence-corrected chi connectivity index (χ1v) is 9.12. The van der Waals surface area contributed by atoms with Crippen LogP contribution in [0, 0.1) is 0 Å². The van der Waals surface area contributed by atoms with Crippen molar-refractivity contribution in [1.82, 2.24) is 5.32 Å². The van der Waals surface area contributed by atoms with Gasteiger partial charge < -0.3 is 15.0 Å². The molecule has 2 N–H and O–H groups in total. The highest BCUT2D eigenvalue weighted by Gasteiger charge is 2.12. The molecule has 0 bridgehead atoms. The third-order valence-electron chi connectivity index (χ3n) is 4.29. The lowest BCUT2D eigenvalue weighted by molar-refractivity contribution is -0.908. The first-order chi connectivity index (χ1) is 10.8. The van der Waals surface area contributed by atoms with Gasteiger partial charge in [0.25, 0.3) is 0 Å². The fourth-order valence-electron chi connectivity index (χ4n) is 2.85. The van der Waals surface area contributed by atoms with Crippen molar-refractivity contribution in [2.45, 2.75) is 57.8 Å². The summed E-state index contributed by atoms with van der Waals surface area (Å²) >= 11 is 0. The number of ether oxygens (including phenoxy) is 1. The van der Waals surface area contributed by atoms with Gasteiger partial charge in [-0.05, 0) is 19.3 Å². The van der Waals surface area contributed by atoms with Crippen molar-refractivity contribution in [3.8, 4) is 0 Å². The number of hydrogen-bond acceptors (Lipinski definition) is 2. The van der Waals surface area contributed by atoms with Gasteiger partial charge in [0.1, 0.15) is 13.1 Å². The van der Waals surface area contributed by atoms with Gasteiger partial charge >= 0.3 is 0 Å². The van der Waals surface area contributed by atoms with Gasteiger partial charge in [-0.2, -0.15) is 0 Å². The van der Waals surface area contributed by atoms with Gasteiger partial charge in [-0.1, -0.05) is 31.8 Å². The number of quaternary nitrogens is 1. The summed E-state index contributed by atoms with van der Waals surface area (Å²) in [6.07, 6.45) is 12.2. The predicted octanol–water partition coefficient (Wildman–Crippen LogP) is 1.71. The molecule has 128 valence electrons. The molecule has 22 heavy (non-hydrogen) atoms. The zero-order valence-corrected chi connectivity index (χ0v) is 14.2. The van der Waals surface area contributed by atoms with Gasteiger partial charge in [0.15, 0.2) is 0 Å². The molecule has 4 nitrogen and oxygen atoms in total. The Balaban J connectivity index is 1.82. The molecular weight excluding hydrogens is 276 g/mol. The quantitative estimate of drug-likeness (QED) is 0.402. The number of amides is 1. The zero-order chi connectivity index (χ0) is 15.9. The minimum atomic E-state index is 0.226. The summed E-state index contributed by atoms with van der Waals surface area (Å²) in [7, 11) is 0. The minimum Gasteiger partial charge on any atom is -0.370 e. The summed E-state index contributed by atoms with van der Waals surface area (Å²) in [4.78, 5) is 13.3. The van der Waals surface area contributed by atoms with Crippen molar-refractivity contribution < 1.29 is 14.4 Å². The Morgan fingerprint density at radius 1 is 1.05 bits per heavy atom. The molecule has 0 spiro atoms. The molecule has 0 radical (unpaired) electrons. The molecule has 1 rings (SSSR count).